The number of aryl methyl sites for hydroxylation is 1. The Hall–Kier alpha value is -1.87. The summed E-state index contributed by atoms with van der Waals surface area (Å²) < 4.78 is 2.27. The van der Waals surface area contributed by atoms with E-state index >= 15 is 0 Å². The van der Waals surface area contributed by atoms with Crippen molar-refractivity contribution in [2.75, 3.05) is 19.6 Å². The van der Waals surface area contributed by atoms with Crippen LogP contribution in [0.15, 0.2) is 36.4 Å². The Morgan fingerprint density at radius 3 is 2.57 bits per heavy atom. The van der Waals surface area contributed by atoms with Crippen LogP contribution in [0, 0.1) is 0 Å². The first-order valence-corrected chi connectivity index (χ1v) is 7.80. The average Bonchev–Trinajstić information content (AvgIpc) is 2.85. The number of fused-ring (bicyclic) bond motifs is 3. The summed E-state index contributed by atoms with van der Waals surface area (Å²) in [6.07, 6.45) is 1.00. The smallest absolute Gasteiger partial charge is 0.110 e. The summed E-state index contributed by atoms with van der Waals surface area (Å²) in [5.74, 6) is 1.17. The lowest BCUT2D eigenvalue weighted by molar-refractivity contribution is 0.305. The number of aromatic nitrogens is 2. The van der Waals surface area contributed by atoms with E-state index in [1.54, 1.807) is 0 Å². The van der Waals surface area contributed by atoms with Crippen LogP contribution in [0.4, 0.5) is 0 Å². The molecule has 1 aromatic heterocycles. The maximum atomic E-state index is 4.84. The van der Waals surface area contributed by atoms with Gasteiger partial charge in [0.1, 0.15) is 5.82 Å². The van der Waals surface area contributed by atoms with Gasteiger partial charge in [-0.2, -0.15) is 0 Å². The van der Waals surface area contributed by atoms with E-state index in [-0.39, 0.29) is 0 Å². The van der Waals surface area contributed by atoms with Gasteiger partial charge in [0, 0.05) is 25.4 Å². The molecule has 2 aromatic carbocycles. The van der Waals surface area contributed by atoms with E-state index in [1.165, 1.54) is 22.1 Å². The molecule has 3 heteroatoms. The van der Waals surface area contributed by atoms with Gasteiger partial charge in [0.05, 0.1) is 11.0 Å². The molecule has 3 rings (SSSR count). The second-order valence-corrected chi connectivity index (χ2v) is 5.52. The lowest BCUT2D eigenvalue weighted by Gasteiger charge is -2.17. The minimum atomic E-state index is 1.00. The molecular weight excluding hydrogens is 258 g/mol. The molecule has 0 unspecified atom stereocenters. The maximum absolute atomic E-state index is 4.84. The van der Waals surface area contributed by atoms with Crippen molar-refractivity contribution in [2.45, 2.75) is 20.3 Å². The zero-order chi connectivity index (χ0) is 14.8. The van der Waals surface area contributed by atoms with E-state index in [9.17, 15) is 0 Å². The molecule has 21 heavy (non-hydrogen) atoms. The Kier molecular flexibility index (Phi) is 3.93. The Morgan fingerprint density at radius 1 is 1.05 bits per heavy atom. The molecule has 0 saturated carbocycles. The van der Waals surface area contributed by atoms with Crippen LogP contribution in [-0.4, -0.2) is 34.1 Å². The van der Waals surface area contributed by atoms with Gasteiger partial charge < -0.3 is 9.47 Å². The Bertz CT molecular complexity index is 754. The Morgan fingerprint density at radius 2 is 1.81 bits per heavy atom. The standard InChI is InChI=1S/C18H23N3/c1-4-21(5-2)13-12-17-19-16-11-10-14-8-6-7-9-15(14)18(16)20(17)3/h6-11H,4-5,12-13H2,1-3H3. The fraction of sp³-hybridized carbons (Fsp3) is 0.389. The summed E-state index contributed by atoms with van der Waals surface area (Å²) >= 11 is 0. The normalized spacial score (nSPS) is 11.8. The SMILES string of the molecule is CCN(CC)CCc1nc2ccc3ccccc3c2n1C. The molecular formula is C18H23N3. The molecule has 0 bridgehead atoms. The van der Waals surface area contributed by atoms with Crippen molar-refractivity contribution in [2.24, 2.45) is 7.05 Å². The molecule has 0 fully saturated rings. The van der Waals surface area contributed by atoms with Crippen molar-refractivity contribution in [3.05, 3.63) is 42.2 Å². The molecule has 0 aliphatic heterocycles. The first kappa shape index (κ1) is 14.1. The van der Waals surface area contributed by atoms with Gasteiger partial charge >= 0.3 is 0 Å². The van der Waals surface area contributed by atoms with Gasteiger partial charge in [-0.15, -0.1) is 0 Å². The highest BCUT2D eigenvalue weighted by molar-refractivity contribution is 6.04. The van der Waals surface area contributed by atoms with E-state index in [4.69, 9.17) is 4.98 Å². The predicted molar refractivity (Wildman–Crippen MR) is 89.7 cm³/mol. The lowest BCUT2D eigenvalue weighted by atomic mass is 10.1. The average molecular weight is 281 g/mol. The Labute approximate surface area is 126 Å². The van der Waals surface area contributed by atoms with Crippen molar-refractivity contribution in [3.8, 4) is 0 Å². The largest absolute Gasteiger partial charge is 0.331 e. The van der Waals surface area contributed by atoms with E-state index in [1.807, 2.05) is 0 Å². The number of hydrogen-bond acceptors (Lipinski definition) is 2. The summed E-state index contributed by atoms with van der Waals surface area (Å²) in [4.78, 5) is 7.28. The first-order chi connectivity index (χ1) is 10.2. The molecule has 0 aliphatic carbocycles. The van der Waals surface area contributed by atoms with Crippen molar-refractivity contribution >= 4 is 21.8 Å². The topological polar surface area (TPSA) is 21.1 Å². The summed E-state index contributed by atoms with van der Waals surface area (Å²) in [6, 6.07) is 12.8. The van der Waals surface area contributed by atoms with Crippen molar-refractivity contribution in [1.82, 2.24) is 14.5 Å². The van der Waals surface area contributed by atoms with Gasteiger partial charge in [-0.1, -0.05) is 44.2 Å². The van der Waals surface area contributed by atoms with Crippen LogP contribution in [0.1, 0.15) is 19.7 Å². The molecule has 0 amide bonds. The number of nitrogens with zero attached hydrogens (tertiary/aromatic N) is 3. The second-order valence-electron chi connectivity index (χ2n) is 5.52. The minimum absolute atomic E-state index is 1.00. The number of benzene rings is 2. The molecule has 110 valence electrons. The fourth-order valence-electron chi connectivity index (χ4n) is 3.05. The zero-order valence-corrected chi connectivity index (χ0v) is 13.1. The molecule has 0 radical (unpaired) electrons. The monoisotopic (exact) mass is 281 g/mol. The molecule has 0 N–H and O–H groups in total. The molecule has 3 nitrogen and oxygen atoms in total. The van der Waals surface area contributed by atoms with Crippen LogP contribution < -0.4 is 0 Å². The van der Waals surface area contributed by atoms with E-state index in [2.05, 4.69) is 66.8 Å². The number of likely N-dealkylation sites (N-methyl/N-ethyl adjacent to an activating group) is 1. The zero-order valence-electron chi connectivity index (χ0n) is 13.1. The van der Waals surface area contributed by atoms with Crippen LogP contribution in [0.25, 0.3) is 21.8 Å². The van der Waals surface area contributed by atoms with Crippen LogP contribution in [0.2, 0.25) is 0 Å². The number of hydrogen-bond donors (Lipinski definition) is 0. The highest BCUT2D eigenvalue weighted by atomic mass is 15.1. The van der Waals surface area contributed by atoms with Gasteiger partial charge in [0.2, 0.25) is 0 Å². The molecule has 1 heterocycles. The third-order valence-electron chi connectivity index (χ3n) is 4.40. The summed E-state index contributed by atoms with van der Waals surface area (Å²) in [7, 11) is 2.14. The van der Waals surface area contributed by atoms with E-state index < -0.39 is 0 Å². The predicted octanol–water partition coefficient (Wildman–Crippen LogP) is 3.61. The van der Waals surface area contributed by atoms with E-state index in [0.717, 1.165) is 31.6 Å². The van der Waals surface area contributed by atoms with Gasteiger partial charge in [-0.05, 0) is 24.5 Å². The molecule has 0 aliphatic rings. The first-order valence-electron chi connectivity index (χ1n) is 7.80. The quantitative estimate of drug-likeness (QED) is 0.712. The number of rotatable bonds is 5. The van der Waals surface area contributed by atoms with E-state index in [0.29, 0.717) is 0 Å². The lowest BCUT2D eigenvalue weighted by Crippen LogP contribution is -2.26. The third-order valence-corrected chi connectivity index (χ3v) is 4.40. The van der Waals surface area contributed by atoms with Gasteiger partial charge in [0.15, 0.2) is 0 Å². The van der Waals surface area contributed by atoms with Crippen LogP contribution in [-0.2, 0) is 13.5 Å². The fourth-order valence-corrected chi connectivity index (χ4v) is 3.05. The second kappa shape index (κ2) is 5.86. The molecule has 0 saturated heterocycles. The van der Waals surface area contributed by atoms with Crippen molar-refractivity contribution in [3.63, 3.8) is 0 Å². The molecule has 0 spiro atoms. The summed E-state index contributed by atoms with van der Waals surface area (Å²) in [5, 5.41) is 2.57. The van der Waals surface area contributed by atoms with Crippen LogP contribution in [0.5, 0.6) is 0 Å². The Balaban J connectivity index is 2.01. The minimum Gasteiger partial charge on any atom is -0.331 e. The maximum Gasteiger partial charge on any atom is 0.110 e. The highest BCUT2D eigenvalue weighted by Gasteiger charge is 2.11. The van der Waals surface area contributed by atoms with Gasteiger partial charge in [0.25, 0.3) is 0 Å². The summed E-state index contributed by atoms with van der Waals surface area (Å²) in [6.45, 7) is 7.70. The summed E-state index contributed by atoms with van der Waals surface area (Å²) in [5.41, 5.74) is 2.35. The van der Waals surface area contributed by atoms with Crippen molar-refractivity contribution < 1.29 is 0 Å². The van der Waals surface area contributed by atoms with Gasteiger partial charge in [-0.3, -0.25) is 0 Å². The number of imidazole rings is 1. The van der Waals surface area contributed by atoms with Crippen LogP contribution >= 0.6 is 0 Å². The van der Waals surface area contributed by atoms with Crippen molar-refractivity contribution in [1.29, 1.82) is 0 Å². The van der Waals surface area contributed by atoms with Gasteiger partial charge in [-0.25, -0.2) is 4.98 Å². The molecule has 3 aromatic rings. The molecule has 0 atom stereocenters. The van der Waals surface area contributed by atoms with Crippen LogP contribution in [0.3, 0.4) is 0 Å². The highest BCUT2D eigenvalue weighted by Crippen LogP contribution is 2.25. The third kappa shape index (κ3) is 2.54.